The monoisotopic (exact) mass is 544 g/mol. The summed E-state index contributed by atoms with van der Waals surface area (Å²) in [6.45, 7) is 15.0. The van der Waals surface area contributed by atoms with Gasteiger partial charge in [-0.2, -0.15) is 0 Å². The molecule has 216 valence electrons. The Morgan fingerprint density at radius 2 is 0.439 bits per heavy atom. The van der Waals surface area contributed by atoms with Crippen LogP contribution in [-0.4, -0.2) is 0 Å². The smallest absolute Gasteiger partial charge is 0.0307 e. The highest BCUT2D eigenvalue weighted by molar-refractivity contribution is 5.23. The second-order valence-corrected chi connectivity index (χ2v) is 10.0. The summed E-state index contributed by atoms with van der Waals surface area (Å²) in [5.74, 6) is 0. The van der Waals surface area contributed by atoms with Gasteiger partial charge in [0.15, 0.2) is 0 Å². The third-order valence-electron chi connectivity index (χ3n) is 6.50. The average Bonchev–Trinajstić information content (AvgIpc) is 3.03. The van der Waals surface area contributed by atoms with Gasteiger partial charge in [0.05, 0.1) is 0 Å². The molecule has 0 nitrogen and oxygen atoms in total. The molecule has 0 aliphatic rings. The van der Waals surface area contributed by atoms with Crippen molar-refractivity contribution in [1.82, 2.24) is 0 Å². The van der Waals surface area contributed by atoms with Gasteiger partial charge >= 0.3 is 0 Å². The quantitative estimate of drug-likeness (QED) is 0.211. The lowest BCUT2D eigenvalue weighted by molar-refractivity contribution is 1.10. The van der Waals surface area contributed by atoms with Crippen LogP contribution in [0.5, 0.6) is 0 Å². The fraction of sp³-hybridized carbons (Fsp3) is 0.268. The molecule has 5 rings (SSSR count). The Morgan fingerprint density at radius 1 is 0.268 bits per heavy atom. The van der Waals surface area contributed by atoms with Crippen molar-refractivity contribution in [2.24, 2.45) is 0 Å². The zero-order valence-corrected chi connectivity index (χ0v) is 26.6. The third kappa shape index (κ3) is 18.1. The topological polar surface area (TPSA) is 0 Å². The standard InChI is InChI=1S/2C10H14.3C7H8/c2*1-3-9-5-7-10(4-2)8-6-9;3*1-7-5-3-2-4-6-7/h2*5-8H,3-4H2,1-2H3;3*2-6H,1H3. The predicted octanol–water partition coefficient (Wildman–Crippen LogP) is 11.6. The van der Waals surface area contributed by atoms with E-state index in [0.717, 1.165) is 25.7 Å². The van der Waals surface area contributed by atoms with Crippen LogP contribution in [0, 0.1) is 20.8 Å². The molecule has 41 heavy (non-hydrogen) atoms. The fourth-order valence-corrected chi connectivity index (χ4v) is 3.62. The molecular weight excluding hydrogens is 492 g/mol. The summed E-state index contributed by atoms with van der Waals surface area (Å²) in [5.41, 5.74) is 9.68. The first-order valence-electron chi connectivity index (χ1n) is 15.1. The number of rotatable bonds is 4. The van der Waals surface area contributed by atoms with Crippen LogP contribution in [0.4, 0.5) is 0 Å². The average molecular weight is 545 g/mol. The molecule has 0 bridgehead atoms. The molecule has 0 saturated heterocycles. The van der Waals surface area contributed by atoms with Crippen molar-refractivity contribution in [3.05, 3.63) is 178 Å². The van der Waals surface area contributed by atoms with E-state index in [2.05, 4.69) is 133 Å². The molecule has 0 radical (unpaired) electrons. The van der Waals surface area contributed by atoms with Crippen LogP contribution in [0.2, 0.25) is 0 Å². The lowest BCUT2D eigenvalue weighted by Gasteiger charge is -1.97. The molecule has 0 aromatic heterocycles. The van der Waals surface area contributed by atoms with Crippen LogP contribution in [0.1, 0.15) is 66.6 Å². The van der Waals surface area contributed by atoms with E-state index in [9.17, 15) is 0 Å². The number of aryl methyl sites for hydroxylation is 7. The number of hydrogen-bond donors (Lipinski definition) is 0. The molecule has 0 amide bonds. The molecule has 0 unspecified atom stereocenters. The summed E-state index contributed by atoms with van der Waals surface area (Å²) >= 11 is 0. The molecule has 0 aliphatic carbocycles. The zero-order valence-electron chi connectivity index (χ0n) is 26.6. The minimum Gasteiger partial charge on any atom is -0.0622 e. The van der Waals surface area contributed by atoms with Crippen LogP contribution >= 0.6 is 0 Å². The van der Waals surface area contributed by atoms with Gasteiger partial charge in [0.2, 0.25) is 0 Å². The van der Waals surface area contributed by atoms with E-state index in [1.165, 1.54) is 38.9 Å². The Labute approximate surface area is 252 Å². The summed E-state index contributed by atoms with van der Waals surface area (Å²) in [6, 6.07) is 48.4. The summed E-state index contributed by atoms with van der Waals surface area (Å²) in [6.07, 6.45) is 4.57. The first kappa shape index (κ1) is 35.1. The first-order chi connectivity index (χ1) is 19.9. The molecule has 5 aromatic carbocycles. The van der Waals surface area contributed by atoms with Gasteiger partial charge in [-0.15, -0.1) is 0 Å². The van der Waals surface area contributed by atoms with Crippen molar-refractivity contribution in [3.63, 3.8) is 0 Å². The second kappa shape index (κ2) is 22.9. The lowest BCUT2D eigenvalue weighted by atomic mass is 10.1. The highest BCUT2D eigenvalue weighted by atomic mass is 13.9. The van der Waals surface area contributed by atoms with Crippen molar-refractivity contribution in [1.29, 1.82) is 0 Å². The van der Waals surface area contributed by atoms with Crippen LogP contribution in [-0.2, 0) is 25.7 Å². The van der Waals surface area contributed by atoms with E-state index in [-0.39, 0.29) is 0 Å². The molecule has 0 N–H and O–H groups in total. The Morgan fingerprint density at radius 3 is 0.537 bits per heavy atom. The maximum atomic E-state index is 2.21. The highest BCUT2D eigenvalue weighted by Crippen LogP contribution is 2.05. The van der Waals surface area contributed by atoms with E-state index in [1.54, 1.807) is 0 Å². The zero-order chi connectivity index (χ0) is 30.1. The van der Waals surface area contributed by atoms with Crippen molar-refractivity contribution in [2.75, 3.05) is 0 Å². The fourth-order valence-electron chi connectivity index (χ4n) is 3.62. The van der Waals surface area contributed by atoms with Crippen molar-refractivity contribution < 1.29 is 0 Å². The Balaban J connectivity index is 0.000000259. The summed E-state index contributed by atoms with van der Waals surface area (Å²) in [5, 5.41) is 0. The maximum Gasteiger partial charge on any atom is -0.0307 e. The predicted molar refractivity (Wildman–Crippen MR) is 184 cm³/mol. The van der Waals surface area contributed by atoms with Gasteiger partial charge in [-0.05, 0) is 68.7 Å². The van der Waals surface area contributed by atoms with E-state index in [4.69, 9.17) is 0 Å². The van der Waals surface area contributed by atoms with Crippen molar-refractivity contribution >= 4 is 0 Å². The minimum absolute atomic E-state index is 1.14. The Hall–Kier alpha value is -3.90. The largest absolute Gasteiger partial charge is 0.0622 e. The van der Waals surface area contributed by atoms with E-state index >= 15 is 0 Å². The van der Waals surface area contributed by atoms with Gasteiger partial charge in [-0.1, -0.05) is 184 Å². The molecular formula is C41H52. The van der Waals surface area contributed by atoms with Gasteiger partial charge in [-0.25, -0.2) is 0 Å². The molecule has 0 atom stereocenters. The van der Waals surface area contributed by atoms with Gasteiger partial charge in [0.1, 0.15) is 0 Å². The first-order valence-corrected chi connectivity index (χ1v) is 15.1. The SMILES string of the molecule is CCc1ccc(CC)cc1.CCc1ccc(CC)cc1.Cc1ccccc1.Cc1ccccc1.Cc1ccccc1. The van der Waals surface area contributed by atoms with Crippen LogP contribution < -0.4 is 0 Å². The van der Waals surface area contributed by atoms with Crippen molar-refractivity contribution in [3.8, 4) is 0 Å². The molecule has 0 heteroatoms. The van der Waals surface area contributed by atoms with E-state index < -0.39 is 0 Å². The van der Waals surface area contributed by atoms with Crippen LogP contribution in [0.25, 0.3) is 0 Å². The van der Waals surface area contributed by atoms with E-state index in [0.29, 0.717) is 0 Å². The normalized spacial score (nSPS) is 9.24. The Kier molecular flexibility index (Phi) is 19.6. The Bertz CT molecular complexity index is 1050. The van der Waals surface area contributed by atoms with Crippen molar-refractivity contribution in [2.45, 2.75) is 74.1 Å². The van der Waals surface area contributed by atoms with Crippen LogP contribution in [0.15, 0.2) is 140 Å². The second-order valence-electron chi connectivity index (χ2n) is 10.0. The molecule has 5 aromatic rings. The number of benzene rings is 5. The maximum absolute atomic E-state index is 2.21. The summed E-state index contributed by atoms with van der Waals surface area (Å²) in [4.78, 5) is 0. The van der Waals surface area contributed by atoms with Crippen LogP contribution in [0.3, 0.4) is 0 Å². The summed E-state index contributed by atoms with van der Waals surface area (Å²) < 4.78 is 0. The van der Waals surface area contributed by atoms with Gasteiger partial charge in [0.25, 0.3) is 0 Å². The molecule has 0 heterocycles. The number of hydrogen-bond acceptors (Lipinski definition) is 0. The van der Waals surface area contributed by atoms with Gasteiger partial charge in [0, 0.05) is 0 Å². The molecule has 0 spiro atoms. The van der Waals surface area contributed by atoms with Gasteiger partial charge < -0.3 is 0 Å². The summed E-state index contributed by atoms with van der Waals surface area (Å²) in [7, 11) is 0. The van der Waals surface area contributed by atoms with Gasteiger partial charge in [-0.3, -0.25) is 0 Å². The van der Waals surface area contributed by atoms with E-state index in [1.807, 2.05) is 54.6 Å². The third-order valence-corrected chi connectivity index (χ3v) is 6.50. The molecule has 0 saturated carbocycles. The highest BCUT2D eigenvalue weighted by Gasteiger charge is 1.89. The molecule has 0 aliphatic heterocycles. The molecule has 0 fully saturated rings. The lowest BCUT2D eigenvalue weighted by Crippen LogP contribution is -1.81. The minimum atomic E-state index is 1.14.